The molecule has 0 aromatic carbocycles. The maximum atomic E-state index is 2.57. The number of nitrogens with zero attached hydrogens (tertiary/aromatic N) is 1. The molecule has 0 rings (SSSR count). The van der Waals surface area contributed by atoms with Crippen molar-refractivity contribution in [2.24, 2.45) is 0 Å². The maximum absolute atomic E-state index is 2.57. The summed E-state index contributed by atoms with van der Waals surface area (Å²) < 4.78 is 0. The van der Waals surface area contributed by atoms with E-state index in [4.69, 9.17) is 0 Å². The predicted molar refractivity (Wildman–Crippen MR) is 66.8 cm³/mol. The second-order valence-corrected chi connectivity index (χ2v) is 4.29. The van der Waals surface area contributed by atoms with Crippen LogP contribution in [0.2, 0.25) is 0 Å². The van der Waals surface area contributed by atoms with Gasteiger partial charge in [-0.1, -0.05) is 38.3 Å². The summed E-state index contributed by atoms with van der Waals surface area (Å²) in [7, 11) is 0. The van der Waals surface area contributed by atoms with Crippen LogP contribution in [-0.4, -0.2) is 24.5 Å². The van der Waals surface area contributed by atoms with Crippen molar-refractivity contribution in [3.05, 3.63) is 11.6 Å². The minimum atomic E-state index is 0. The van der Waals surface area contributed by atoms with Gasteiger partial charge in [0.15, 0.2) is 0 Å². The third-order valence-corrected chi connectivity index (χ3v) is 2.41. The van der Waals surface area contributed by atoms with Crippen molar-refractivity contribution in [1.82, 2.24) is 4.90 Å². The Balaban J connectivity index is -0.000000845. The third kappa shape index (κ3) is 12.2. The van der Waals surface area contributed by atoms with Crippen LogP contribution >= 0.6 is 0 Å². The van der Waals surface area contributed by atoms with Crippen molar-refractivity contribution in [3.8, 4) is 0 Å². The molecule has 0 saturated heterocycles. The Kier molecular flexibility index (Phi) is 14.6. The van der Waals surface area contributed by atoms with Crippen LogP contribution in [0.1, 0.15) is 54.8 Å². The van der Waals surface area contributed by atoms with Crippen LogP contribution in [0.25, 0.3) is 0 Å². The van der Waals surface area contributed by atoms with E-state index in [2.05, 4.69) is 38.7 Å². The average Bonchev–Trinajstić information content (AvgIpc) is 2.16. The summed E-state index contributed by atoms with van der Waals surface area (Å²) in [6.07, 6.45) is 7.61. The van der Waals surface area contributed by atoms with E-state index in [1.165, 1.54) is 44.3 Å². The molecule has 0 aliphatic carbocycles. The summed E-state index contributed by atoms with van der Waals surface area (Å²) >= 11 is 0. The van der Waals surface area contributed by atoms with Crippen LogP contribution < -0.4 is 18.9 Å². The summed E-state index contributed by atoms with van der Waals surface area (Å²) in [6, 6.07) is 0. The zero-order valence-electron chi connectivity index (χ0n) is 12.5. The zero-order chi connectivity index (χ0) is 10.8. The Morgan fingerprint density at radius 1 is 1.07 bits per heavy atom. The number of allylic oxidation sites excluding steroid dienone is 1. The fourth-order valence-corrected chi connectivity index (χ4v) is 1.37. The standard InChI is InChI=1S/C13H27N.Li.H/c1-5-7-10-14(11-8-6-2)12-9-13(3)4;;/h9H,5-8,10-12H2,1-4H3;;/q;+1;-1. The molecular formula is C13H28LiN. The quantitative estimate of drug-likeness (QED) is 0.421. The van der Waals surface area contributed by atoms with Crippen molar-refractivity contribution in [3.63, 3.8) is 0 Å². The molecule has 0 aliphatic heterocycles. The van der Waals surface area contributed by atoms with Gasteiger partial charge in [-0.3, -0.25) is 4.90 Å². The molecule has 15 heavy (non-hydrogen) atoms. The van der Waals surface area contributed by atoms with Crippen molar-refractivity contribution >= 4 is 0 Å². The van der Waals surface area contributed by atoms with Crippen molar-refractivity contribution in [2.45, 2.75) is 53.4 Å². The summed E-state index contributed by atoms with van der Waals surface area (Å²) in [5, 5.41) is 0. The molecule has 0 aromatic rings. The molecule has 0 unspecified atom stereocenters. The molecule has 0 aromatic heterocycles. The molecule has 0 fully saturated rings. The van der Waals surface area contributed by atoms with E-state index in [-0.39, 0.29) is 20.3 Å². The Morgan fingerprint density at radius 3 is 1.87 bits per heavy atom. The minimum Gasteiger partial charge on any atom is -1.00 e. The summed E-state index contributed by atoms with van der Waals surface area (Å²) in [5.41, 5.74) is 1.43. The van der Waals surface area contributed by atoms with E-state index in [1.54, 1.807) is 0 Å². The molecule has 0 radical (unpaired) electrons. The van der Waals surface area contributed by atoms with Crippen molar-refractivity contribution < 1.29 is 20.3 Å². The Bertz CT molecular complexity index is 148. The topological polar surface area (TPSA) is 3.24 Å². The van der Waals surface area contributed by atoms with E-state index in [0.29, 0.717) is 0 Å². The molecule has 1 nitrogen and oxygen atoms in total. The Hall–Kier alpha value is 0.297. The first-order chi connectivity index (χ1) is 6.70. The number of unbranched alkanes of at least 4 members (excludes halogenated alkanes) is 2. The van der Waals surface area contributed by atoms with Crippen molar-refractivity contribution in [1.29, 1.82) is 0 Å². The van der Waals surface area contributed by atoms with Crippen LogP contribution in [0.4, 0.5) is 0 Å². The van der Waals surface area contributed by atoms with Gasteiger partial charge >= 0.3 is 18.9 Å². The van der Waals surface area contributed by atoms with E-state index in [9.17, 15) is 0 Å². The van der Waals surface area contributed by atoms with Gasteiger partial charge in [0.05, 0.1) is 0 Å². The molecule has 2 heteroatoms. The number of rotatable bonds is 8. The molecule has 0 N–H and O–H groups in total. The Morgan fingerprint density at radius 2 is 1.53 bits per heavy atom. The molecule has 0 heterocycles. The van der Waals surface area contributed by atoms with Gasteiger partial charge in [-0.25, -0.2) is 0 Å². The van der Waals surface area contributed by atoms with Crippen LogP contribution in [0.15, 0.2) is 11.6 Å². The van der Waals surface area contributed by atoms with Crippen LogP contribution in [0.5, 0.6) is 0 Å². The molecule has 0 spiro atoms. The molecular weight excluding hydrogens is 177 g/mol. The zero-order valence-corrected chi connectivity index (χ0v) is 11.5. The van der Waals surface area contributed by atoms with Gasteiger partial charge in [0, 0.05) is 6.54 Å². The van der Waals surface area contributed by atoms with Gasteiger partial charge < -0.3 is 1.43 Å². The van der Waals surface area contributed by atoms with Gasteiger partial charge in [0.2, 0.25) is 0 Å². The first kappa shape index (κ1) is 17.7. The second-order valence-electron chi connectivity index (χ2n) is 4.29. The summed E-state index contributed by atoms with van der Waals surface area (Å²) in [4.78, 5) is 2.57. The normalized spacial score (nSPS) is 9.93. The minimum absolute atomic E-state index is 0. The molecule has 0 saturated carbocycles. The number of hydrogen-bond acceptors (Lipinski definition) is 1. The van der Waals surface area contributed by atoms with E-state index < -0.39 is 0 Å². The van der Waals surface area contributed by atoms with E-state index in [0.717, 1.165) is 6.54 Å². The van der Waals surface area contributed by atoms with Gasteiger partial charge in [-0.05, 0) is 39.8 Å². The molecule has 0 amide bonds. The molecule has 86 valence electrons. The average molecular weight is 205 g/mol. The second kappa shape index (κ2) is 12.4. The largest absolute Gasteiger partial charge is 1.00 e. The number of hydrogen-bond donors (Lipinski definition) is 0. The summed E-state index contributed by atoms with van der Waals surface area (Å²) in [6.45, 7) is 12.6. The van der Waals surface area contributed by atoms with Gasteiger partial charge in [-0.15, -0.1) is 0 Å². The smallest absolute Gasteiger partial charge is 1.00 e. The fraction of sp³-hybridized carbons (Fsp3) is 0.846. The van der Waals surface area contributed by atoms with Gasteiger partial charge in [0.25, 0.3) is 0 Å². The van der Waals surface area contributed by atoms with Gasteiger partial charge in [0.1, 0.15) is 0 Å². The van der Waals surface area contributed by atoms with Crippen LogP contribution in [0, 0.1) is 0 Å². The first-order valence-corrected chi connectivity index (χ1v) is 6.06. The van der Waals surface area contributed by atoms with Gasteiger partial charge in [-0.2, -0.15) is 0 Å². The fourth-order valence-electron chi connectivity index (χ4n) is 1.37. The molecule has 0 aliphatic rings. The SMILES string of the molecule is CCCCN(CC=C(C)C)CCCC.[H-].[Li+]. The van der Waals surface area contributed by atoms with E-state index >= 15 is 0 Å². The van der Waals surface area contributed by atoms with Crippen LogP contribution in [0.3, 0.4) is 0 Å². The summed E-state index contributed by atoms with van der Waals surface area (Å²) in [5.74, 6) is 0. The molecule has 0 atom stereocenters. The first-order valence-electron chi connectivity index (χ1n) is 6.06. The Labute approximate surface area is 110 Å². The van der Waals surface area contributed by atoms with E-state index in [1.807, 2.05) is 0 Å². The van der Waals surface area contributed by atoms with Crippen LogP contribution in [-0.2, 0) is 0 Å². The third-order valence-electron chi connectivity index (χ3n) is 2.41. The predicted octanol–water partition coefficient (Wildman–Crippen LogP) is 0.971. The van der Waals surface area contributed by atoms with Crippen molar-refractivity contribution in [2.75, 3.05) is 19.6 Å². The monoisotopic (exact) mass is 205 g/mol. The maximum Gasteiger partial charge on any atom is 1.00 e. The molecule has 0 bridgehead atoms.